The highest BCUT2D eigenvalue weighted by molar-refractivity contribution is 5.73. The van der Waals surface area contributed by atoms with Gasteiger partial charge in [-0.25, -0.2) is 0 Å². The molecular weight excluding hydrogens is 280 g/mol. The second-order valence-electron chi connectivity index (χ2n) is 3.66. The molecule has 0 heterocycles. The molecule has 0 unspecified atom stereocenters. The van der Waals surface area contributed by atoms with Crippen molar-refractivity contribution in [2.24, 2.45) is 0 Å². The van der Waals surface area contributed by atoms with Crippen LogP contribution in [0.1, 0.15) is 16.7 Å². The van der Waals surface area contributed by atoms with Gasteiger partial charge in [0.1, 0.15) is 0 Å². The molecule has 3 N–H and O–H groups in total. The Kier molecular flexibility index (Phi) is 3.69. The van der Waals surface area contributed by atoms with Gasteiger partial charge in [0.15, 0.2) is 0 Å². The number of benzene rings is 1. The molecule has 0 fully saturated rings. The van der Waals surface area contributed by atoms with E-state index in [9.17, 15) is 31.1 Å². The van der Waals surface area contributed by atoms with Gasteiger partial charge in [-0.05, 0) is 17.7 Å². The van der Waals surface area contributed by atoms with E-state index in [2.05, 4.69) is 0 Å². The van der Waals surface area contributed by atoms with Gasteiger partial charge in [-0.3, -0.25) is 4.79 Å². The van der Waals surface area contributed by atoms with Crippen molar-refractivity contribution in [2.75, 3.05) is 5.73 Å². The predicted octanol–water partition coefficient (Wildman–Crippen LogP) is 2.93. The molecule has 0 saturated carbocycles. The molecule has 0 atom stereocenters. The zero-order valence-corrected chi connectivity index (χ0v) is 9.06. The molecular formula is C10H7F6NO2. The number of carboxylic acids is 1. The quantitative estimate of drug-likeness (QED) is 0.649. The highest BCUT2D eigenvalue weighted by Crippen LogP contribution is 2.42. The summed E-state index contributed by atoms with van der Waals surface area (Å²) >= 11 is 0. The van der Waals surface area contributed by atoms with Crippen LogP contribution in [0.4, 0.5) is 32.0 Å². The predicted molar refractivity (Wildman–Crippen MR) is 52.2 cm³/mol. The third kappa shape index (κ3) is 3.52. The molecule has 0 radical (unpaired) electrons. The molecule has 0 aliphatic heterocycles. The molecule has 0 aliphatic rings. The molecule has 0 bridgehead atoms. The lowest BCUT2D eigenvalue weighted by Crippen LogP contribution is -2.18. The summed E-state index contributed by atoms with van der Waals surface area (Å²) in [4.78, 5) is 10.4. The molecule has 1 aromatic carbocycles. The van der Waals surface area contributed by atoms with Crippen LogP contribution in [-0.4, -0.2) is 11.1 Å². The third-order valence-corrected chi connectivity index (χ3v) is 2.23. The maximum Gasteiger partial charge on any atom is 0.417 e. The van der Waals surface area contributed by atoms with Crippen molar-refractivity contribution >= 4 is 11.7 Å². The molecule has 19 heavy (non-hydrogen) atoms. The number of alkyl halides is 6. The van der Waals surface area contributed by atoms with Crippen molar-refractivity contribution < 1.29 is 36.2 Å². The van der Waals surface area contributed by atoms with E-state index in [1.165, 1.54) is 0 Å². The minimum absolute atomic E-state index is 0.0983. The van der Waals surface area contributed by atoms with Gasteiger partial charge in [-0.15, -0.1) is 0 Å². The molecule has 1 rings (SSSR count). The summed E-state index contributed by atoms with van der Waals surface area (Å²) in [7, 11) is 0. The number of hydrogen-bond donors (Lipinski definition) is 2. The van der Waals surface area contributed by atoms with Gasteiger partial charge < -0.3 is 10.8 Å². The van der Waals surface area contributed by atoms with E-state index in [4.69, 9.17) is 10.8 Å². The zero-order valence-electron chi connectivity index (χ0n) is 9.06. The van der Waals surface area contributed by atoms with E-state index in [1.807, 2.05) is 0 Å². The van der Waals surface area contributed by atoms with E-state index >= 15 is 0 Å². The van der Waals surface area contributed by atoms with Gasteiger partial charge in [0.2, 0.25) is 0 Å². The first-order valence-electron chi connectivity index (χ1n) is 4.71. The van der Waals surface area contributed by atoms with Gasteiger partial charge in [0.25, 0.3) is 0 Å². The molecule has 9 heteroatoms. The van der Waals surface area contributed by atoms with E-state index in [0.717, 1.165) is 0 Å². The Balaban J connectivity index is 3.51. The lowest BCUT2D eigenvalue weighted by molar-refractivity contribution is -0.162. The lowest BCUT2D eigenvalue weighted by atomic mass is 9.99. The van der Waals surface area contributed by atoms with E-state index in [0.29, 0.717) is 0 Å². The number of nitrogen functional groups attached to an aromatic ring is 1. The summed E-state index contributed by atoms with van der Waals surface area (Å²) in [6.07, 6.45) is -11.4. The van der Waals surface area contributed by atoms with Crippen molar-refractivity contribution in [1.29, 1.82) is 0 Å². The van der Waals surface area contributed by atoms with Crippen LogP contribution < -0.4 is 5.73 Å². The van der Waals surface area contributed by atoms with Crippen LogP contribution in [0.15, 0.2) is 12.1 Å². The molecule has 1 aromatic rings. The summed E-state index contributed by atoms with van der Waals surface area (Å²) in [5.74, 6) is -1.50. The van der Waals surface area contributed by atoms with Gasteiger partial charge in [0.05, 0.1) is 17.5 Å². The van der Waals surface area contributed by atoms with E-state index in [-0.39, 0.29) is 12.1 Å². The molecule has 106 valence electrons. The first-order chi connectivity index (χ1) is 8.43. The van der Waals surface area contributed by atoms with Crippen molar-refractivity contribution in [1.82, 2.24) is 0 Å². The first kappa shape index (κ1) is 15.1. The van der Waals surface area contributed by atoms with Crippen LogP contribution >= 0.6 is 0 Å². The number of carbonyl (C=O) groups is 1. The Bertz CT molecular complexity index is 506. The normalized spacial score (nSPS) is 12.5. The molecule has 0 saturated heterocycles. The lowest BCUT2D eigenvalue weighted by Gasteiger charge is -2.17. The van der Waals surface area contributed by atoms with Crippen LogP contribution in [0.3, 0.4) is 0 Å². The van der Waals surface area contributed by atoms with Gasteiger partial charge in [0, 0.05) is 5.69 Å². The fraction of sp³-hybridized carbons (Fsp3) is 0.300. The number of hydrogen-bond acceptors (Lipinski definition) is 2. The maximum atomic E-state index is 12.5. The Hall–Kier alpha value is -1.93. The SMILES string of the molecule is Nc1cc(C(F)(F)F)c(C(F)(F)F)cc1CC(=O)O. The Morgan fingerprint density at radius 1 is 1.05 bits per heavy atom. The highest BCUT2D eigenvalue weighted by Gasteiger charge is 2.43. The number of nitrogens with two attached hydrogens (primary N) is 1. The zero-order chi connectivity index (χ0) is 15.0. The fourth-order valence-corrected chi connectivity index (χ4v) is 1.45. The van der Waals surface area contributed by atoms with Crippen LogP contribution in [-0.2, 0) is 23.6 Å². The molecule has 0 aliphatic carbocycles. The van der Waals surface area contributed by atoms with Crippen LogP contribution in [0, 0.1) is 0 Å². The highest BCUT2D eigenvalue weighted by atomic mass is 19.4. The number of anilines is 1. The number of carboxylic acid groups (broad SMARTS) is 1. The molecule has 3 nitrogen and oxygen atoms in total. The molecule has 0 aromatic heterocycles. The average molecular weight is 287 g/mol. The number of rotatable bonds is 2. The van der Waals surface area contributed by atoms with Gasteiger partial charge in [-0.2, -0.15) is 26.3 Å². The van der Waals surface area contributed by atoms with Crippen molar-refractivity contribution in [2.45, 2.75) is 18.8 Å². The van der Waals surface area contributed by atoms with Crippen molar-refractivity contribution in [3.05, 3.63) is 28.8 Å². The van der Waals surface area contributed by atoms with Gasteiger partial charge in [-0.1, -0.05) is 0 Å². The third-order valence-electron chi connectivity index (χ3n) is 2.23. The summed E-state index contributed by atoms with van der Waals surface area (Å²) in [5.41, 5.74) is 0.0855. The smallest absolute Gasteiger partial charge is 0.417 e. The van der Waals surface area contributed by atoms with Crippen LogP contribution in [0.5, 0.6) is 0 Å². The molecule has 0 amide bonds. The Labute approximate surface area is 102 Å². The Morgan fingerprint density at radius 2 is 1.47 bits per heavy atom. The topological polar surface area (TPSA) is 63.3 Å². The summed E-state index contributed by atoms with van der Waals surface area (Å²) in [5, 5.41) is 8.46. The standard InChI is InChI=1S/C10H7F6NO2/c11-9(12,13)5-1-4(2-8(18)19)7(17)3-6(5)10(14,15)16/h1,3H,2,17H2,(H,18,19). The minimum atomic E-state index is -5.26. The van der Waals surface area contributed by atoms with Gasteiger partial charge >= 0.3 is 18.3 Å². The van der Waals surface area contributed by atoms with Crippen molar-refractivity contribution in [3.63, 3.8) is 0 Å². The van der Waals surface area contributed by atoms with E-state index in [1.54, 1.807) is 0 Å². The number of halogens is 6. The summed E-state index contributed by atoms with van der Waals surface area (Å²) in [6.45, 7) is 0. The largest absolute Gasteiger partial charge is 0.481 e. The maximum absolute atomic E-state index is 12.5. The fourth-order valence-electron chi connectivity index (χ4n) is 1.45. The van der Waals surface area contributed by atoms with Crippen LogP contribution in [0.2, 0.25) is 0 Å². The Morgan fingerprint density at radius 3 is 1.84 bits per heavy atom. The average Bonchev–Trinajstić information content (AvgIpc) is 2.16. The first-order valence-corrected chi connectivity index (χ1v) is 4.71. The number of aliphatic carboxylic acids is 1. The second kappa shape index (κ2) is 4.63. The summed E-state index contributed by atoms with van der Waals surface area (Å²) in [6, 6.07) is 0.216. The second-order valence-corrected chi connectivity index (χ2v) is 3.66. The van der Waals surface area contributed by atoms with Crippen molar-refractivity contribution in [3.8, 4) is 0 Å². The van der Waals surface area contributed by atoms with Crippen LogP contribution in [0.25, 0.3) is 0 Å². The monoisotopic (exact) mass is 287 g/mol. The van der Waals surface area contributed by atoms with E-state index < -0.39 is 47.1 Å². The molecule has 0 spiro atoms. The minimum Gasteiger partial charge on any atom is -0.481 e. The summed E-state index contributed by atoms with van der Waals surface area (Å²) < 4.78 is 75.1.